The molecule has 0 bridgehead atoms. The molecule has 0 aromatic heterocycles. The lowest BCUT2D eigenvalue weighted by Crippen LogP contribution is -2.25. The maximum Gasteiger partial charge on any atom is 0.391 e. The van der Waals surface area contributed by atoms with Crippen LogP contribution in [0.2, 0.25) is 0 Å². The van der Waals surface area contributed by atoms with Gasteiger partial charge in [0, 0.05) is 6.04 Å². The maximum absolute atomic E-state index is 13.2. The fourth-order valence-electron chi connectivity index (χ4n) is 1.53. The highest BCUT2D eigenvalue weighted by Crippen LogP contribution is 2.25. The zero-order valence-corrected chi connectivity index (χ0v) is 9.38. The standard InChI is InChI=1S/C11H11F4NO2/c1-6(5-11(13,14)15)16-8-4-2-3-7(12)9(8)10(17)18/h2-4,6,16H,5H2,1H3,(H,17,18). The molecule has 2 N–H and O–H groups in total. The van der Waals surface area contributed by atoms with E-state index in [-0.39, 0.29) is 5.69 Å². The van der Waals surface area contributed by atoms with Crippen molar-refractivity contribution in [3.8, 4) is 0 Å². The first-order valence-corrected chi connectivity index (χ1v) is 5.06. The monoisotopic (exact) mass is 265 g/mol. The molecule has 1 atom stereocenters. The van der Waals surface area contributed by atoms with E-state index in [0.29, 0.717) is 0 Å². The van der Waals surface area contributed by atoms with E-state index in [0.717, 1.165) is 6.07 Å². The zero-order valence-electron chi connectivity index (χ0n) is 9.38. The molecule has 18 heavy (non-hydrogen) atoms. The number of hydrogen-bond acceptors (Lipinski definition) is 2. The van der Waals surface area contributed by atoms with Crippen LogP contribution in [-0.2, 0) is 0 Å². The van der Waals surface area contributed by atoms with Gasteiger partial charge in [0.05, 0.1) is 12.1 Å². The van der Waals surface area contributed by atoms with E-state index >= 15 is 0 Å². The first kappa shape index (κ1) is 14.3. The molecular weight excluding hydrogens is 254 g/mol. The van der Waals surface area contributed by atoms with E-state index in [1.54, 1.807) is 0 Å². The van der Waals surface area contributed by atoms with Gasteiger partial charge < -0.3 is 10.4 Å². The molecule has 100 valence electrons. The van der Waals surface area contributed by atoms with Crippen LogP contribution in [0.3, 0.4) is 0 Å². The summed E-state index contributed by atoms with van der Waals surface area (Å²) in [6.07, 6.45) is -5.51. The van der Waals surface area contributed by atoms with Gasteiger partial charge in [-0.2, -0.15) is 13.2 Å². The van der Waals surface area contributed by atoms with Crippen LogP contribution in [0.15, 0.2) is 18.2 Å². The van der Waals surface area contributed by atoms with Crippen molar-refractivity contribution in [2.45, 2.75) is 25.6 Å². The van der Waals surface area contributed by atoms with Crippen molar-refractivity contribution in [1.29, 1.82) is 0 Å². The molecule has 0 saturated carbocycles. The molecule has 1 rings (SSSR count). The zero-order chi connectivity index (χ0) is 13.9. The van der Waals surface area contributed by atoms with Gasteiger partial charge in [0.2, 0.25) is 0 Å². The molecule has 0 fully saturated rings. The third-order valence-corrected chi connectivity index (χ3v) is 2.17. The Bertz CT molecular complexity index is 445. The van der Waals surface area contributed by atoms with Gasteiger partial charge in [-0.15, -0.1) is 0 Å². The summed E-state index contributed by atoms with van der Waals surface area (Å²) in [5.74, 6) is -2.53. The highest BCUT2D eigenvalue weighted by Gasteiger charge is 2.30. The number of rotatable bonds is 4. The maximum atomic E-state index is 13.2. The quantitative estimate of drug-likeness (QED) is 0.821. The number of hydrogen-bond donors (Lipinski definition) is 2. The Hall–Kier alpha value is -1.79. The van der Waals surface area contributed by atoms with Crippen LogP contribution < -0.4 is 5.32 Å². The molecular formula is C11H11F4NO2. The highest BCUT2D eigenvalue weighted by atomic mass is 19.4. The minimum absolute atomic E-state index is 0.167. The Kier molecular flexibility index (Phi) is 4.15. The number of carboxylic acids is 1. The normalized spacial score (nSPS) is 13.2. The summed E-state index contributed by atoms with van der Waals surface area (Å²) >= 11 is 0. The van der Waals surface area contributed by atoms with E-state index in [1.165, 1.54) is 19.1 Å². The van der Waals surface area contributed by atoms with Crippen molar-refractivity contribution in [2.75, 3.05) is 5.32 Å². The second-order valence-corrected chi connectivity index (χ2v) is 3.83. The van der Waals surface area contributed by atoms with Gasteiger partial charge in [-0.3, -0.25) is 0 Å². The van der Waals surface area contributed by atoms with E-state index in [9.17, 15) is 22.4 Å². The number of nitrogens with one attached hydrogen (secondary N) is 1. The minimum atomic E-state index is -4.37. The molecule has 0 radical (unpaired) electrons. The van der Waals surface area contributed by atoms with Gasteiger partial charge in [-0.05, 0) is 19.1 Å². The summed E-state index contributed by atoms with van der Waals surface area (Å²) in [5.41, 5.74) is -0.828. The average Bonchev–Trinajstić information content (AvgIpc) is 2.13. The smallest absolute Gasteiger partial charge is 0.391 e. The van der Waals surface area contributed by atoms with E-state index in [4.69, 9.17) is 5.11 Å². The summed E-state index contributed by atoms with van der Waals surface area (Å²) in [6, 6.07) is 2.33. The van der Waals surface area contributed by atoms with Crippen molar-refractivity contribution in [3.63, 3.8) is 0 Å². The summed E-state index contributed by atoms with van der Waals surface area (Å²) in [4.78, 5) is 10.8. The first-order chi connectivity index (χ1) is 8.20. The van der Waals surface area contributed by atoms with Crippen LogP contribution in [0.4, 0.5) is 23.2 Å². The fourth-order valence-corrected chi connectivity index (χ4v) is 1.53. The van der Waals surface area contributed by atoms with E-state index in [1.807, 2.05) is 0 Å². The van der Waals surface area contributed by atoms with Crippen LogP contribution >= 0.6 is 0 Å². The average molecular weight is 265 g/mol. The van der Waals surface area contributed by atoms with Gasteiger partial charge in [-0.25, -0.2) is 9.18 Å². The number of halogens is 4. The Morgan fingerprint density at radius 3 is 2.56 bits per heavy atom. The predicted octanol–water partition coefficient (Wildman–Crippen LogP) is 3.28. The largest absolute Gasteiger partial charge is 0.478 e. The number of anilines is 1. The Morgan fingerprint density at radius 2 is 2.06 bits per heavy atom. The second-order valence-electron chi connectivity index (χ2n) is 3.83. The summed E-state index contributed by atoms with van der Waals surface area (Å²) < 4.78 is 49.6. The molecule has 0 amide bonds. The Balaban J connectivity index is 2.91. The molecule has 1 unspecified atom stereocenters. The summed E-state index contributed by atoms with van der Waals surface area (Å²) in [5, 5.41) is 11.1. The van der Waals surface area contributed by atoms with Gasteiger partial charge in [0.1, 0.15) is 11.4 Å². The molecule has 0 heterocycles. The SMILES string of the molecule is CC(CC(F)(F)F)Nc1cccc(F)c1C(=O)O. The molecule has 7 heteroatoms. The van der Waals surface area contributed by atoms with Crippen LogP contribution in [0.1, 0.15) is 23.7 Å². The topological polar surface area (TPSA) is 49.3 Å². The Labute approximate surface area is 100 Å². The van der Waals surface area contributed by atoms with Gasteiger partial charge in [-0.1, -0.05) is 6.07 Å². The van der Waals surface area contributed by atoms with Crippen LogP contribution in [0.25, 0.3) is 0 Å². The molecule has 3 nitrogen and oxygen atoms in total. The second kappa shape index (κ2) is 5.24. The molecule has 0 spiro atoms. The first-order valence-electron chi connectivity index (χ1n) is 5.06. The molecule has 0 aliphatic carbocycles. The molecule has 0 aliphatic rings. The number of carbonyl (C=O) groups is 1. The minimum Gasteiger partial charge on any atom is -0.478 e. The molecule has 0 aliphatic heterocycles. The molecule has 1 aromatic rings. The van der Waals surface area contributed by atoms with Gasteiger partial charge in [0.25, 0.3) is 0 Å². The lowest BCUT2D eigenvalue weighted by atomic mass is 10.1. The van der Waals surface area contributed by atoms with Gasteiger partial charge in [0.15, 0.2) is 0 Å². The predicted molar refractivity (Wildman–Crippen MR) is 57.1 cm³/mol. The van der Waals surface area contributed by atoms with Crippen LogP contribution in [0.5, 0.6) is 0 Å². The number of benzene rings is 1. The highest BCUT2D eigenvalue weighted by molar-refractivity contribution is 5.94. The molecule has 1 aromatic carbocycles. The van der Waals surface area contributed by atoms with E-state index < -0.39 is 36.0 Å². The number of alkyl halides is 3. The molecule has 0 saturated heterocycles. The lowest BCUT2D eigenvalue weighted by Gasteiger charge is -2.18. The van der Waals surface area contributed by atoms with Crippen LogP contribution in [-0.4, -0.2) is 23.3 Å². The van der Waals surface area contributed by atoms with Crippen molar-refractivity contribution in [3.05, 3.63) is 29.6 Å². The number of aromatic carboxylic acids is 1. The summed E-state index contributed by atoms with van der Waals surface area (Å²) in [7, 11) is 0. The van der Waals surface area contributed by atoms with Crippen molar-refractivity contribution in [1.82, 2.24) is 0 Å². The lowest BCUT2D eigenvalue weighted by molar-refractivity contribution is -0.136. The van der Waals surface area contributed by atoms with Crippen molar-refractivity contribution < 1.29 is 27.5 Å². The van der Waals surface area contributed by atoms with Crippen molar-refractivity contribution in [2.24, 2.45) is 0 Å². The third-order valence-electron chi connectivity index (χ3n) is 2.17. The Morgan fingerprint density at radius 1 is 1.44 bits per heavy atom. The number of carboxylic acid groups (broad SMARTS) is 1. The summed E-state index contributed by atoms with van der Waals surface area (Å²) in [6.45, 7) is 1.24. The third kappa shape index (κ3) is 3.90. The van der Waals surface area contributed by atoms with E-state index in [2.05, 4.69) is 5.32 Å². The van der Waals surface area contributed by atoms with Crippen LogP contribution in [0, 0.1) is 5.82 Å². The van der Waals surface area contributed by atoms with Gasteiger partial charge >= 0.3 is 12.1 Å². The fraction of sp³-hybridized carbons (Fsp3) is 0.364. The van der Waals surface area contributed by atoms with Crippen molar-refractivity contribution >= 4 is 11.7 Å².